The predicted octanol–water partition coefficient (Wildman–Crippen LogP) is 3.26. The van der Waals surface area contributed by atoms with Gasteiger partial charge in [-0.05, 0) is 24.3 Å². The van der Waals surface area contributed by atoms with Crippen LogP contribution in [0.25, 0.3) is 0 Å². The largest absolute Gasteiger partial charge is 0.573 e. The van der Waals surface area contributed by atoms with Crippen LogP contribution in [-0.4, -0.2) is 33.0 Å². The fourth-order valence-corrected chi connectivity index (χ4v) is 3.42. The van der Waals surface area contributed by atoms with Gasteiger partial charge in [-0.15, -0.1) is 13.2 Å². The van der Waals surface area contributed by atoms with Crippen LogP contribution in [0, 0.1) is 0 Å². The van der Waals surface area contributed by atoms with Gasteiger partial charge in [0.1, 0.15) is 5.75 Å². The smallest absolute Gasteiger partial charge is 0.406 e. The first-order chi connectivity index (χ1) is 13.7. The highest BCUT2D eigenvalue weighted by molar-refractivity contribution is 7.90. The Kier molecular flexibility index (Phi) is 5.23. The van der Waals surface area contributed by atoms with Gasteiger partial charge in [0.15, 0.2) is 15.5 Å². The quantitative estimate of drug-likeness (QED) is 0.695. The maximum absolute atomic E-state index is 13.1. The molecule has 1 atom stereocenters. The molecule has 0 amide bonds. The highest BCUT2D eigenvalue weighted by atomic mass is 32.2. The summed E-state index contributed by atoms with van der Waals surface area (Å²) in [4.78, 5) is 3.62. The fourth-order valence-electron chi connectivity index (χ4n) is 2.79. The van der Waals surface area contributed by atoms with Gasteiger partial charge in [-0.2, -0.15) is 13.2 Å². The molecule has 13 heteroatoms. The maximum Gasteiger partial charge on any atom is 0.573 e. The molecular formula is C17H13F6N3O3S. The van der Waals surface area contributed by atoms with E-state index in [0.717, 1.165) is 30.5 Å². The van der Waals surface area contributed by atoms with Crippen molar-refractivity contribution in [2.75, 3.05) is 6.26 Å². The minimum Gasteiger partial charge on any atom is -0.406 e. The Labute approximate surface area is 166 Å². The van der Waals surface area contributed by atoms with Crippen LogP contribution in [0.2, 0.25) is 0 Å². The van der Waals surface area contributed by atoms with Crippen molar-refractivity contribution in [2.45, 2.75) is 23.1 Å². The van der Waals surface area contributed by atoms with Gasteiger partial charge in [-0.1, -0.05) is 24.3 Å². The molecule has 1 aliphatic heterocycles. The molecule has 3 rings (SSSR count). The van der Waals surface area contributed by atoms with Crippen molar-refractivity contribution in [3.63, 3.8) is 0 Å². The molecule has 0 saturated carbocycles. The molecule has 6 nitrogen and oxygen atoms in total. The molecule has 30 heavy (non-hydrogen) atoms. The maximum atomic E-state index is 13.1. The summed E-state index contributed by atoms with van der Waals surface area (Å²) in [6.07, 6.45) is -8.80. The zero-order chi connectivity index (χ0) is 22.4. The van der Waals surface area contributed by atoms with Gasteiger partial charge in [0.2, 0.25) is 5.84 Å². The number of nitrogens with zero attached hydrogens (tertiary/aromatic N) is 1. The first-order valence-electron chi connectivity index (χ1n) is 8.08. The molecule has 0 radical (unpaired) electrons. The van der Waals surface area contributed by atoms with Crippen LogP contribution in [0.1, 0.15) is 11.1 Å². The summed E-state index contributed by atoms with van der Waals surface area (Å²) in [6, 6.07) is 8.98. The Bertz CT molecular complexity index is 1060. The lowest BCUT2D eigenvalue weighted by molar-refractivity contribution is -0.274. The van der Waals surface area contributed by atoms with Gasteiger partial charge < -0.3 is 4.74 Å². The number of hydrogen-bond donors (Lipinski definition) is 2. The lowest BCUT2D eigenvalue weighted by atomic mass is 9.92. The van der Waals surface area contributed by atoms with E-state index in [-0.39, 0.29) is 16.0 Å². The second kappa shape index (κ2) is 7.16. The number of ether oxygens (including phenoxy) is 1. The summed E-state index contributed by atoms with van der Waals surface area (Å²) in [5.41, 5.74) is 2.62. The summed E-state index contributed by atoms with van der Waals surface area (Å²) in [6.45, 7) is 0. The Morgan fingerprint density at radius 2 is 1.40 bits per heavy atom. The van der Waals surface area contributed by atoms with Crippen molar-refractivity contribution in [1.29, 1.82) is 0 Å². The highest BCUT2D eigenvalue weighted by Gasteiger charge is 2.47. The van der Waals surface area contributed by atoms with E-state index in [1.54, 1.807) is 0 Å². The third-order valence-electron chi connectivity index (χ3n) is 4.12. The van der Waals surface area contributed by atoms with Gasteiger partial charge in [0.05, 0.1) is 4.90 Å². The summed E-state index contributed by atoms with van der Waals surface area (Å²) in [7, 11) is -3.56. The third kappa shape index (κ3) is 4.51. The van der Waals surface area contributed by atoms with Crippen molar-refractivity contribution < 1.29 is 39.5 Å². The van der Waals surface area contributed by atoms with Crippen molar-refractivity contribution in [3.8, 4) is 5.75 Å². The van der Waals surface area contributed by atoms with Crippen LogP contribution in [-0.2, 0) is 15.5 Å². The summed E-state index contributed by atoms with van der Waals surface area (Å²) in [5, 5.41) is 0. The first-order valence-corrected chi connectivity index (χ1v) is 9.97. The molecule has 0 bridgehead atoms. The number of benzene rings is 2. The molecule has 0 fully saturated rings. The Balaban J connectivity index is 2.09. The number of halogens is 6. The molecule has 162 valence electrons. The number of aliphatic imine (C=N–C) groups is 1. The minimum absolute atomic E-state index is 0.0517. The molecule has 2 aromatic rings. The van der Waals surface area contributed by atoms with E-state index in [9.17, 15) is 34.8 Å². The minimum atomic E-state index is -4.94. The Morgan fingerprint density at radius 1 is 0.900 bits per heavy atom. The average Bonchev–Trinajstić information content (AvgIpc) is 3.07. The van der Waals surface area contributed by atoms with Crippen molar-refractivity contribution in [2.24, 2.45) is 4.99 Å². The third-order valence-corrected chi connectivity index (χ3v) is 5.24. The zero-order valence-electron chi connectivity index (χ0n) is 15.0. The van der Waals surface area contributed by atoms with Crippen molar-refractivity contribution in [3.05, 3.63) is 59.7 Å². The number of hydrazine groups is 1. The molecule has 1 unspecified atom stereocenters. The fraction of sp³-hybridized carbons (Fsp3) is 0.235. The molecule has 0 aromatic heterocycles. The Hall–Kier alpha value is -2.80. The van der Waals surface area contributed by atoms with Crippen LogP contribution in [0.3, 0.4) is 0 Å². The standard InChI is InChI=1S/C17H13F6N3O3S/c1-30(27,28)13-8-4-11(5-9-13)15(24-14(25-26-15)16(18,19)20)10-2-6-12(7-3-10)29-17(21,22)23/h2-9,26H,1H3,(H,24,25). The number of amidine groups is 1. The zero-order valence-corrected chi connectivity index (χ0v) is 15.8. The topological polar surface area (TPSA) is 79.8 Å². The van der Waals surface area contributed by atoms with E-state index in [1.807, 2.05) is 5.43 Å². The number of sulfone groups is 1. The molecule has 2 N–H and O–H groups in total. The number of nitrogens with one attached hydrogen (secondary N) is 2. The van der Waals surface area contributed by atoms with Crippen LogP contribution in [0.15, 0.2) is 58.4 Å². The monoisotopic (exact) mass is 453 g/mol. The number of alkyl halides is 6. The van der Waals surface area contributed by atoms with Crippen molar-refractivity contribution in [1.82, 2.24) is 10.9 Å². The molecule has 0 saturated heterocycles. The average molecular weight is 453 g/mol. The van der Waals surface area contributed by atoms with Gasteiger partial charge >= 0.3 is 12.5 Å². The second-order valence-corrected chi connectivity index (χ2v) is 8.30. The Morgan fingerprint density at radius 3 is 1.80 bits per heavy atom. The van der Waals surface area contributed by atoms with Crippen LogP contribution < -0.4 is 15.6 Å². The summed E-state index contributed by atoms with van der Waals surface area (Å²) >= 11 is 0. The van der Waals surface area contributed by atoms with Gasteiger partial charge in [0, 0.05) is 17.4 Å². The SMILES string of the molecule is CS(=O)(=O)c1ccc(C2(c3ccc(OC(F)(F)F)cc3)N=C(C(F)(F)F)NN2)cc1. The predicted molar refractivity (Wildman–Crippen MR) is 93.2 cm³/mol. The van der Waals surface area contributed by atoms with Crippen LogP contribution >= 0.6 is 0 Å². The van der Waals surface area contributed by atoms with Gasteiger partial charge in [-0.25, -0.2) is 18.8 Å². The van der Waals surface area contributed by atoms with Crippen LogP contribution in [0.5, 0.6) is 5.75 Å². The number of hydrogen-bond acceptors (Lipinski definition) is 6. The molecule has 0 spiro atoms. The van der Waals surface area contributed by atoms with Gasteiger partial charge in [0.25, 0.3) is 0 Å². The van der Waals surface area contributed by atoms with Crippen molar-refractivity contribution >= 4 is 15.7 Å². The second-order valence-electron chi connectivity index (χ2n) is 6.29. The van der Waals surface area contributed by atoms with E-state index in [2.05, 4.69) is 15.2 Å². The van der Waals surface area contributed by atoms with E-state index in [0.29, 0.717) is 0 Å². The first kappa shape index (κ1) is 21.9. The number of rotatable bonds is 4. The van der Waals surface area contributed by atoms with Gasteiger partial charge in [-0.3, -0.25) is 5.43 Å². The molecular weight excluding hydrogens is 440 g/mol. The molecule has 1 aliphatic rings. The van der Waals surface area contributed by atoms with E-state index in [1.165, 1.54) is 24.3 Å². The van der Waals surface area contributed by atoms with E-state index < -0.39 is 39.6 Å². The lowest BCUT2D eigenvalue weighted by Gasteiger charge is -2.27. The normalized spacial score (nSPS) is 19.9. The lowest BCUT2D eigenvalue weighted by Crippen LogP contribution is -2.46. The molecule has 1 heterocycles. The summed E-state index contributed by atoms with van der Waals surface area (Å²) in [5.74, 6) is -1.93. The van der Waals surface area contributed by atoms with Crippen LogP contribution in [0.4, 0.5) is 26.3 Å². The molecule has 2 aromatic carbocycles. The van der Waals surface area contributed by atoms with E-state index >= 15 is 0 Å². The molecule has 0 aliphatic carbocycles. The highest BCUT2D eigenvalue weighted by Crippen LogP contribution is 2.37. The summed E-state index contributed by atoms with van der Waals surface area (Å²) < 4.78 is 104. The van der Waals surface area contributed by atoms with E-state index in [4.69, 9.17) is 0 Å².